The maximum atomic E-state index is 12.9. The molecule has 0 bridgehead atoms. The number of aromatic nitrogens is 1. The Kier molecular flexibility index (Phi) is 8.98. The number of oxime groups is 1. The van der Waals surface area contributed by atoms with Gasteiger partial charge in [0.25, 0.3) is 5.91 Å². The molecule has 1 unspecified atom stereocenters. The Bertz CT molecular complexity index is 1210. The van der Waals surface area contributed by atoms with E-state index in [0.717, 1.165) is 15.4 Å². The molecule has 1 N–H and O–H groups in total. The molecule has 0 spiro atoms. The van der Waals surface area contributed by atoms with Crippen LogP contribution < -0.4 is 10.1 Å². The first-order valence-corrected chi connectivity index (χ1v) is 13.1. The first-order valence-electron chi connectivity index (χ1n) is 9.93. The van der Waals surface area contributed by atoms with Gasteiger partial charge in [0.05, 0.1) is 22.3 Å². The van der Waals surface area contributed by atoms with E-state index in [1.807, 2.05) is 18.2 Å². The predicted molar refractivity (Wildman–Crippen MR) is 144 cm³/mol. The summed E-state index contributed by atoms with van der Waals surface area (Å²) >= 11 is 23.3. The summed E-state index contributed by atoms with van der Waals surface area (Å²) in [5, 5.41) is 7.97. The number of fused-ring (bicyclic) bond motifs is 1. The van der Waals surface area contributed by atoms with Crippen molar-refractivity contribution in [2.24, 2.45) is 5.16 Å². The summed E-state index contributed by atoms with van der Waals surface area (Å²) in [5.41, 5.74) is -0.511. The number of hydrogen-bond donors (Lipinski definition) is 1. The number of benzene rings is 2. The fourth-order valence-electron chi connectivity index (χ4n) is 2.87. The molecule has 1 amide bonds. The molecule has 6 nitrogen and oxygen atoms in total. The van der Waals surface area contributed by atoms with Gasteiger partial charge in [0.15, 0.2) is 0 Å². The van der Waals surface area contributed by atoms with Crippen LogP contribution in [0.3, 0.4) is 0 Å². The molecular formula is C23H21BrCl3N3O3S. The standard InChI is InChI=1S/C23H21BrCl3N3O3S/c1-22(2,13-29-33-23(26,27)17-6-4-5-7-18(17)25)30-20(31)21(34-3)32-16-8-9-19-14(11-16)10-15(24)12-28-19/h4-13,21H,1-3H3,(H,30,31). The highest BCUT2D eigenvalue weighted by Gasteiger charge is 2.32. The summed E-state index contributed by atoms with van der Waals surface area (Å²) in [6, 6.07) is 14.1. The molecule has 0 aliphatic rings. The van der Waals surface area contributed by atoms with Crippen LogP contribution >= 0.6 is 62.5 Å². The number of alkyl halides is 2. The molecule has 3 aromatic rings. The molecule has 180 valence electrons. The van der Waals surface area contributed by atoms with Crippen LogP contribution in [0.15, 0.2) is 64.4 Å². The minimum atomic E-state index is -1.79. The predicted octanol–water partition coefficient (Wildman–Crippen LogP) is 6.90. The monoisotopic (exact) mass is 603 g/mol. The van der Waals surface area contributed by atoms with Crippen LogP contribution in [-0.4, -0.2) is 34.3 Å². The number of rotatable bonds is 9. The molecule has 1 heterocycles. The van der Waals surface area contributed by atoms with Crippen molar-refractivity contribution in [1.29, 1.82) is 0 Å². The first kappa shape index (κ1) is 26.9. The molecule has 0 aliphatic carbocycles. The second kappa shape index (κ2) is 11.4. The quantitative estimate of drug-likeness (QED) is 0.124. The minimum Gasteiger partial charge on any atom is -0.470 e. The van der Waals surface area contributed by atoms with E-state index >= 15 is 0 Å². The fraction of sp³-hybridized carbons (Fsp3) is 0.261. The van der Waals surface area contributed by atoms with Gasteiger partial charge in [-0.1, -0.05) is 35.0 Å². The number of thioether (sulfide) groups is 1. The maximum Gasteiger partial charge on any atom is 0.311 e. The highest BCUT2D eigenvalue weighted by atomic mass is 79.9. The number of nitrogens with one attached hydrogen (secondary N) is 1. The van der Waals surface area contributed by atoms with Gasteiger partial charge < -0.3 is 14.9 Å². The zero-order chi connectivity index (χ0) is 24.9. The molecule has 0 fully saturated rings. The van der Waals surface area contributed by atoms with Crippen molar-refractivity contribution in [2.45, 2.75) is 29.3 Å². The van der Waals surface area contributed by atoms with E-state index < -0.39 is 15.5 Å². The van der Waals surface area contributed by atoms with Crippen LogP contribution in [0.25, 0.3) is 10.9 Å². The third kappa shape index (κ3) is 7.15. The number of carbonyl (C=O) groups excluding carboxylic acids is 1. The van der Waals surface area contributed by atoms with Crippen LogP contribution in [0.1, 0.15) is 19.4 Å². The molecule has 0 radical (unpaired) electrons. The van der Waals surface area contributed by atoms with Crippen molar-refractivity contribution in [3.05, 3.63) is 69.8 Å². The Morgan fingerprint density at radius 3 is 2.68 bits per heavy atom. The van der Waals surface area contributed by atoms with Gasteiger partial charge >= 0.3 is 4.52 Å². The lowest BCUT2D eigenvalue weighted by Gasteiger charge is -2.25. The molecule has 2 aromatic carbocycles. The van der Waals surface area contributed by atoms with E-state index in [-0.39, 0.29) is 5.91 Å². The third-order valence-corrected chi connectivity index (χ3v) is 6.51. The Hall–Kier alpha value is -1.71. The fourth-order valence-corrected chi connectivity index (χ4v) is 4.47. The van der Waals surface area contributed by atoms with Crippen molar-refractivity contribution in [3.63, 3.8) is 0 Å². The van der Waals surface area contributed by atoms with Gasteiger partial charge in [0.1, 0.15) is 5.75 Å². The van der Waals surface area contributed by atoms with Crippen molar-refractivity contribution in [3.8, 4) is 5.75 Å². The zero-order valence-electron chi connectivity index (χ0n) is 18.4. The topological polar surface area (TPSA) is 72.8 Å². The Balaban J connectivity index is 1.64. The molecule has 11 heteroatoms. The lowest BCUT2D eigenvalue weighted by atomic mass is 10.1. The Labute approximate surface area is 225 Å². The number of halogens is 4. The van der Waals surface area contributed by atoms with Crippen molar-refractivity contribution >= 4 is 85.5 Å². The minimum absolute atomic E-state index is 0.340. The number of pyridine rings is 1. The number of nitrogens with zero attached hydrogens (tertiary/aromatic N) is 2. The van der Waals surface area contributed by atoms with E-state index in [1.54, 1.807) is 56.6 Å². The van der Waals surface area contributed by atoms with Gasteiger partial charge in [-0.3, -0.25) is 9.78 Å². The summed E-state index contributed by atoms with van der Waals surface area (Å²) in [5.74, 6) is 0.205. The molecule has 1 aromatic heterocycles. The van der Waals surface area contributed by atoms with E-state index in [9.17, 15) is 4.79 Å². The van der Waals surface area contributed by atoms with Crippen molar-refractivity contribution in [2.75, 3.05) is 6.26 Å². The number of carbonyl (C=O) groups is 1. The largest absolute Gasteiger partial charge is 0.470 e. The van der Waals surface area contributed by atoms with Crippen molar-refractivity contribution in [1.82, 2.24) is 10.3 Å². The Morgan fingerprint density at radius 1 is 1.24 bits per heavy atom. The molecule has 1 atom stereocenters. The van der Waals surface area contributed by atoms with Gasteiger partial charge in [-0.2, -0.15) is 0 Å². The van der Waals surface area contributed by atoms with Gasteiger partial charge in [0, 0.05) is 21.6 Å². The lowest BCUT2D eigenvalue weighted by molar-refractivity contribution is -0.125. The van der Waals surface area contributed by atoms with Gasteiger partial charge in [-0.25, -0.2) is 0 Å². The average molecular weight is 606 g/mol. The van der Waals surface area contributed by atoms with E-state index in [0.29, 0.717) is 16.3 Å². The summed E-state index contributed by atoms with van der Waals surface area (Å²) in [6.45, 7) is 3.49. The summed E-state index contributed by atoms with van der Waals surface area (Å²) < 4.78 is 4.99. The van der Waals surface area contributed by atoms with E-state index in [2.05, 4.69) is 31.4 Å². The number of hydrogen-bond acceptors (Lipinski definition) is 6. The van der Waals surface area contributed by atoms with Gasteiger partial charge in [-0.05, 0) is 89.6 Å². The van der Waals surface area contributed by atoms with E-state index in [4.69, 9.17) is 44.4 Å². The SMILES string of the molecule is CSC(Oc1ccc2ncc(Br)cc2c1)C(=O)NC(C)(C)C=NOC(Cl)(Cl)c1ccccc1Cl. The summed E-state index contributed by atoms with van der Waals surface area (Å²) in [6.07, 6.45) is 4.89. The lowest BCUT2D eigenvalue weighted by Crippen LogP contribution is -2.49. The zero-order valence-corrected chi connectivity index (χ0v) is 23.1. The van der Waals surface area contributed by atoms with Crippen LogP contribution in [0.4, 0.5) is 0 Å². The first-order chi connectivity index (χ1) is 16.0. The summed E-state index contributed by atoms with van der Waals surface area (Å²) in [7, 11) is 0. The second-order valence-corrected chi connectivity index (χ2v) is 11.2. The van der Waals surface area contributed by atoms with Crippen LogP contribution in [0.2, 0.25) is 5.02 Å². The number of amides is 1. The van der Waals surface area contributed by atoms with E-state index in [1.165, 1.54) is 18.0 Å². The number of ether oxygens (including phenoxy) is 1. The molecule has 0 aliphatic heterocycles. The van der Waals surface area contributed by atoms with Crippen LogP contribution in [0.5, 0.6) is 5.75 Å². The second-order valence-electron chi connectivity index (χ2n) is 7.73. The van der Waals surface area contributed by atoms with Crippen molar-refractivity contribution < 1.29 is 14.4 Å². The smallest absolute Gasteiger partial charge is 0.311 e. The Morgan fingerprint density at radius 2 is 1.97 bits per heavy atom. The molecule has 0 saturated carbocycles. The van der Waals surface area contributed by atoms with Gasteiger partial charge in [-0.15, -0.1) is 11.8 Å². The average Bonchev–Trinajstić information content (AvgIpc) is 2.76. The maximum absolute atomic E-state index is 12.9. The summed E-state index contributed by atoms with van der Waals surface area (Å²) in [4.78, 5) is 22.5. The molecule has 0 saturated heterocycles. The normalized spacial score (nSPS) is 13.1. The highest BCUT2D eigenvalue weighted by Crippen LogP contribution is 2.39. The molecule has 3 rings (SSSR count). The highest BCUT2D eigenvalue weighted by molar-refractivity contribution is 9.10. The van der Waals surface area contributed by atoms with Gasteiger partial charge in [0.2, 0.25) is 5.44 Å². The van der Waals surface area contributed by atoms with Crippen LogP contribution in [-0.2, 0) is 14.2 Å². The third-order valence-electron chi connectivity index (χ3n) is 4.47. The molecule has 34 heavy (non-hydrogen) atoms. The molecular weight excluding hydrogens is 585 g/mol. The van der Waals surface area contributed by atoms with Crippen LogP contribution in [0, 0.1) is 0 Å².